The number of anilines is 1. The van der Waals surface area contributed by atoms with E-state index in [1.165, 1.54) is 0 Å². The number of ether oxygens (including phenoxy) is 2. The molecule has 26 heavy (non-hydrogen) atoms. The molecular formula is C21H22N2O3. The second-order valence-electron chi connectivity index (χ2n) is 6.56. The van der Waals surface area contributed by atoms with E-state index in [-0.39, 0.29) is 0 Å². The molecule has 5 heteroatoms. The lowest BCUT2D eigenvalue weighted by molar-refractivity contribution is 0.170. The van der Waals surface area contributed by atoms with Crippen LogP contribution >= 0.6 is 0 Å². The lowest BCUT2D eigenvalue weighted by Crippen LogP contribution is -2.34. The standard InChI is InChI=1S/C21H22N2O3/c1-13-10-17(14-6-4-5-7-16(14)22-13)23-11-15-19(25-2)8-9-20(26-3)21(15)18(24)12-23/h4-10,18,24H,11-12H2,1-3H3/t18-/m1/s1. The van der Waals surface area contributed by atoms with E-state index in [0.29, 0.717) is 18.8 Å². The number of aromatic nitrogens is 1. The van der Waals surface area contributed by atoms with Gasteiger partial charge in [-0.15, -0.1) is 0 Å². The summed E-state index contributed by atoms with van der Waals surface area (Å²) < 4.78 is 11.0. The molecule has 134 valence electrons. The average molecular weight is 350 g/mol. The van der Waals surface area contributed by atoms with Crippen molar-refractivity contribution >= 4 is 16.6 Å². The molecule has 0 spiro atoms. The van der Waals surface area contributed by atoms with Gasteiger partial charge in [0.25, 0.3) is 0 Å². The maximum atomic E-state index is 10.9. The van der Waals surface area contributed by atoms with E-state index in [1.54, 1.807) is 14.2 Å². The Kier molecular flexibility index (Phi) is 4.17. The number of rotatable bonds is 3. The van der Waals surface area contributed by atoms with Gasteiger partial charge in [-0.05, 0) is 31.2 Å². The highest BCUT2D eigenvalue weighted by Gasteiger charge is 2.30. The van der Waals surface area contributed by atoms with Gasteiger partial charge in [0, 0.05) is 41.0 Å². The predicted molar refractivity (Wildman–Crippen MR) is 102 cm³/mol. The van der Waals surface area contributed by atoms with Gasteiger partial charge in [-0.3, -0.25) is 4.98 Å². The monoisotopic (exact) mass is 350 g/mol. The van der Waals surface area contributed by atoms with E-state index in [0.717, 1.165) is 39.2 Å². The molecule has 0 aliphatic carbocycles. The minimum atomic E-state index is -0.656. The van der Waals surface area contributed by atoms with Crippen LogP contribution in [0.2, 0.25) is 0 Å². The number of pyridine rings is 1. The van der Waals surface area contributed by atoms with Crippen LogP contribution in [0.5, 0.6) is 11.5 Å². The molecule has 0 saturated carbocycles. The second kappa shape index (κ2) is 6.50. The molecule has 0 saturated heterocycles. The lowest BCUT2D eigenvalue weighted by atomic mass is 9.94. The highest BCUT2D eigenvalue weighted by molar-refractivity contribution is 5.92. The number of aryl methyl sites for hydroxylation is 1. The number of aliphatic hydroxyl groups excluding tert-OH is 1. The molecule has 0 unspecified atom stereocenters. The molecule has 1 N–H and O–H groups in total. The van der Waals surface area contributed by atoms with Crippen LogP contribution in [0.3, 0.4) is 0 Å². The van der Waals surface area contributed by atoms with Gasteiger partial charge in [0.15, 0.2) is 0 Å². The Bertz CT molecular complexity index is 971. The molecule has 1 aliphatic heterocycles. The van der Waals surface area contributed by atoms with Crippen molar-refractivity contribution in [2.75, 3.05) is 25.7 Å². The highest BCUT2D eigenvalue weighted by Crippen LogP contribution is 2.41. The maximum Gasteiger partial charge on any atom is 0.125 e. The zero-order chi connectivity index (χ0) is 18.3. The van der Waals surface area contributed by atoms with Crippen molar-refractivity contribution in [3.63, 3.8) is 0 Å². The quantitative estimate of drug-likeness (QED) is 0.782. The fourth-order valence-corrected chi connectivity index (χ4v) is 3.81. The van der Waals surface area contributed by atoms with Gasteiger partial charge >= 0.3 is 0 Å². The SMILES string of the molecule is COc1ccc(OC)c2c1CN(c1cc(C)nc3ccccc13)C[C@H]2O. The van der Waals surface area contributed by atoms with E-state index in [9.17, 15) is 5.11 Å². The number of methoxy groups -OCH3 is 2. The molecule has 1 aromatic heterocycles. The minimum Gasteiger partial charge on any atom is -0.496 e. The Balaban J connectivity index is 1.86. The van der Waals surface area contributed by atoms with Crippen molar-refractivity contribution in [3.05, 3.63) is 59.3 Å². The minimum absolute atomic E-state index is 0.490. The molecule has 0 bridgehead atoms. The van der Waals surface area contributed by atoms with E-state index in [4.69, 9.17) is 9.47 Å². The number of benzene rings is 2. The fraction of sp³-hybridized carbons (Fsp3) is 0.286. The number of hydrogen-bond acceptors (Lipinski definition) is 5. The Hall–Kier alpha value is -2.79. The first kappa shape index (κ1) is 16.7. The summed E-state index contributed by atoms with van der Waals surface area (Å²) >= 11 is 0. The highest BCUT2D eigenvalue weighted by atomic mass is 16.5. The van der Waals surface area contributed by atoms with Crippen LogP contribution in [0.15, 0.2) is 42.5 Å². The third-order valence-corrected chi connectivity index (χ3v) is 4.95. The number of hydrogen-bond donors (Lipinski definition) is 1. The van der Waals surface area contributed by atoms with Gasteiger partial charge in [0.1, 0.15) is 17.6 Å². The zero-order valence-corrected chi connectivity index (χ0v) is 15.2. The summed E-state index contributed by atoms with van der Waals surface area (Å²) in [4.78, 5) is 6.81. The smallest absolute Gasteiger partial charge is 0.125 e. The van der Waals surface area contributed by atoms with Crippen molar-refractivity contribution < 1.29 is 14.6 Å². The summed E-state index contributed by atoms with van der Waals surface area (Å²) in [5.41, 5.74) is 4.77. The molecule has 0 radical (unpaired) electrons. The largest absolute Gasteiger partial charge is 0.496 e. The Morgan fingerprint density at radius 1 is 1.08 bits per heavy atom. The molecule has 0 fully saturated rings. The van der Waals surface area contributed by atoms with Crippen LogP contribution in [0.1, 0.15) is 22.9 Å². The molecule has 2 aromatic carbocycles. The van der Waals surface area contributed by atoms with E-state index in [2.05, 4.69) is 22.0 Å². The molecule has 5 nitrogen and oxygen atoms in total. The molecule has 0 amide bonds. The Morgan fingerprint density at radius 2 is 1.81 bits per heavy atom. The van der Waals surface area contributed by atoms with Gasteiger partial charge in [-0.2, -0.15) is 0 Å². The summed E-state index contributed by atoms with van der Waals surface area (Å²) in [5.74, 6) is 1.46. The van der Waals surface area contributed by atoms with E-state index < -0.39 is 6.10 Å². The van der Waals surface area contributed by atoms with Crippen LogP contribution in [0, 0.1) is 6.92 Å². The molecule has 1 atom stereocenters. The summed E-state index contributed by atoms with van der Waals surface area (Å²) in [7, 11) is 3.28. The first-order valence-corrected chi connectivity index (χ1v) is 8.65. The number of para-hydroxylation sites is 1. The molecular weight excluding hydrogens is 328 g/mol. The van der Waals surface area contributed by atoms with Gasteiger partial charge in [0.2, 0.25) is 0 Å². The maximum absolute atomic E-state index is 10.9. The van der Waals surface area contributed by atoms with Crippen molar-refractivity contribution in [1.82, 2.24) is 4.98 Å². The van der Waals surface area contributed by atoms with Crippen LogP contribution < -0.4 is 14.4 Å². The van der Waals surface area contributed by atoms with Gasteiger partial charge in [0.05, 0.1) is 19.7 Å². The van der Waals surface area contributed by atoms with Crippen LogP contribution in [-0.4, -0.2) is 30.9 Å². The van der Waals surface area contributed by atoms with Crippen LogP contribution in [0.4, 0.5) is 5.69 Å². The van der Waals surface area contributed by atoms with E-state index in [1.807, 2.05) is 37.3 Å². The molecule has 4 rings (SSSR count). The Labute approximate surface area is 152 Å². The molecule has 1 aliphatic rings. The number of β-amino-alcohol motifs (C(OH)–C–C–N with tert-alkyl or cyclic N) is 1. The van der Waals surface area contributed by atoms with Crippen LogP contribution in [-0.2, 0) is 6.54 Å². The second-order valence-corrected chi connectivity index (χ2v) is 6.56. The van der Waals surface area contributed by atoms with Crippen molar-refractivity contribution in [2.24, 2.45) is 0 Å². The summed E-state index contributed by atoms with van der Waals surface area (Å²) in [6, 6.07) is 13.9. The van der Waals surface area contributed by atoms with Gasteiger partial charge in [-0.25, -0.2) is 0 Å². The number of fused-ring (bicyclic) bond motifs is 2. The molecule has 3 aromatic rings. The van der Waals surface area contributed by atoms with Gasteiger partial charge < -0.3 is 19.5 Å². The zero-order valence-electron chi connectivity index (χ0n) is 15.2. The average Bonchev–Trinajstić information content (AvgIpc) is 2.66. The Morgan fingerprint density at radius 3 is 2.58 bits per heavy atom. The first-order valence-electron chi connectivity index (χ1n) is 8.65. The third-order valence-electron chi connectivity index (χ3n) is 4.95. The van der Waals surface area contributed by atoms with E-state index >= 15 is 0 Å². The summed E-state index contributed by atoms with van der Waals surface area (Å²) in [6.07, 6.45) is -0.656. The van der Waals surface area contributed by atoms with Crippen molar-refractivity contribution in [3.8, 4) is 11.5 Å². The number of aliphatic hydroxyl groups is 1. The normalized spacial score (nSPS) is 16.5. The summed E-state index contributed by atoms with van der Waals surface area (Å²) in [5, 5.41) is 12.0. The number of nitrogens with zero attached hydrogens (tertiary/aromatic N) is 2. The lowest BCUT2D eigenvalue weighted by Gasteiger charge is -2.36. The van der Waals surface area contributed by atoms with Gasteiger partial charge in [-0.1, -0.05) is 18.2 Å². The topological polar surface area (TPSA) is 54.8 Å². The van der Waals surface area contributed by atoms with Crippen molar-refractivity contribution in [1.29, 1.82) is 0 Å². The summed E-state index contributed by atoms with van der Waals surface area (Å²) in [6.45, 7) is 3.12. The van der Waals surface area contributed by atoms with Crippen molar-refractivity contribution in [2.45, 2.75) is 19.6 Å². The third kappa shape index (κ3) is 2.65. The van der Waals surface area contributed by atoms with Crippen LogP contribution in [0.25, 0.3) is 10.9 Å². The molecule has 2 heterocycles. The fourth-order valence-electron chi connectivity index (χ4n) is 3.81. The predicted octanol–water partition coefficient (Wildman–Crippen LogP) is 3.61. The first-order chi connectivity index (χ1) is 12.6.